The number of fused-ring (bicyclic) bond motifs is 1. The predicted molar refractivity (Wildman–Crippen MR) is 214 cm³/mol. The first-order valence-corrected chi connectivity index (χ1v) is 22.2. The molecule has 0 saturated carbocycles. The zero-order valence-electron chi connectivity index (χ0n) is 32.3. The first kappa shape index (κ1) is 39.4. The molecule has 0 spiro atoms. The van der Waals surface area contributed by atoms with Gasteiger partial charge in [0.15, 0.2) is 14.5 Å². The number of halogens is 1. The molecule has 280 valence electrons. The largest absolute Gasteiger partial charge is 0.476 e. The van der Waals surface area contributed by atoms with Crippen molar-refractivity contribution >= 4 is 47.9 Å². The van der Waals surface area contributed by atoms with Crippen molar-refractivity contribution in [1.29, 1.82) is 0 Å². The van der Waals surface area contributed by atoms with Crippen LogP contribution in [0.3, 0.4) is 0 Å². The van der Waals surface area contributed by atoms with Crippen molar-refractivity contribution in [3.05, 3.63) is 39.5 Å². The predicted octanol–water partition coefficient (Wildman–Crippen LogP) is 7.99. The van der Waals surface area contributed by atoms with Gasteiger partial charge < -0.3 is 18.6 Å². The van der Waals surface area contributed by atoms with Crippen molar-refractivity contribution in [2.24, 2.45) is 7.05 Å². The maximum Gasteiger partial charge on any atom is 0.246 e. The number of ether oxygens (including phenoxy) is 3. The van der Waals surface area contributed by atoms with Gasteiger partial charge in [0.25, 0.3) is 0 Å². The summed E-state index contributed by atoms with van der Waals surface area (Å²) in [5.74, 6) is 1.36. The second-order valence-electron chi connectivity index (χ2n) is 14.9. The molecule has 1 saturated heterocycles. The summed E-state index contributed by atoms with van der Waals surface area (Å²) in [6.45, 7) is 28.5. The fourth-order valence-electron chi connectivity index (χ4n) is 6.28. The monoisotopic (exact) mass is 832 g/mol. The van der Waals surface area contributed by atoms with Crippen molar-refractivity contribution in [2.45, 2.75) is 111 Å². The highest BCUT2D eigenvalue weighted by Crippen LogP contribution is 2.38. The summed E-state index contributed by atoms with van der Waals surface area (Å²) in [7, 11) is 0.0414. The van der Waals surface area contributed by atoms with E-state index in [1.807, 2.05) is 36.5 Å². The number of hydrogen-bond donors (Lipinski definition) is 0. The fraction of sp³-hybridized carbons (Fsp3) is 0.622. The Labute approximate surface area is 318 Å². The smallest absolute Gasteiger partial charge is 0.246 e. The molecule has 0 radical (unpaired) electrons. The molecule has 14 heteroatoms. The van der Waals surface area contributed by atoms with Crippen molar-refractivity contribution in [3.63, 3.8) is 0 Å². The van der Waals surface area contributed by atoms with E-state index in [4.69, 9.17) is 38.9 Å². The van der Waals surface area contributed by atoms with E-state index in [1.54, 1.807) is 6.08 Å². The molecular formula is C37H57IN8O4Si. The topological polar surface area (TPSA) is 107 Å². The van der Waals surface area contributed by atoms with Gasteiger partial charge in [-0.05, 0) is 99.4 Å². The Hall–Kier alpha value is -2.79. The highest BCUT2D eigenvalue weighted by molar-refractivity contribution is 14.1. The molecule has 0 aromatic carbocycles. The fourth-order valence-corrected chi connectivity index (χ4v) is 8.03. The minimum atomic E-state index is -1.88. The van der Waals surface area contributed by atoms with Gasteiger partial charge in [0.05, 0.1) is 63.4 Å². The second kappa shape index (κ2) is 16.5. The summed E-state index contributed by atoms with van der Waals surface area (Å²) in [6.07, 6.45) is 6.59. The summed E-state index contributed by atoms with van der Waals surface area (Å²) >= 11 is 2.37. The zero-order valence-corrected chi connectivity index (χ0v) is 35.4. The van der Waals surface area contributed by atoms with Crippen molar-refractivity contribution < 1.29 is 18.6 Å². The maximum atomic E-state index is 6.72. The van der Waals surface area contributed by atoms with Crippen LogP contribution in [0.5, 0.6) is 11.8 Å². The molecule has 51 heavy (non-hydrogen) atoms. The Kier molecular flexibility index (Phi) is 12.7. The molecule has 4 aromatic rings. The number of pyridine rings is 1. The van der Waals surface area contributed by atoms with Crippen LogP contribution >= 0.6 is 22.6 Å². The van der Waals surface area contributed by atoms with Gasteiger partial charge in [-0.1, -0.05) is 34.3 Å². The van der Waals surface area contributed by atoms with Crippen LogP contribution in [0.25, 0.3) is 28.2 Å². The molecule has 0 N–H and O–H groups in total. The maximum absolute atomic E-state index is 6.72. The number of rotatable bonds is 16. The Morgan fingerprint density at radius 2 is 1.96 bits per heavy atom. The third-order valence-corrected chi connectivity index (χ3v) is 15.8. The first-order valence-electron chi connectivity index (χ1n) is 18.3. The quantitative estimate of drug-likeness (QED) is 0.0821. The Bertz CT molecular complexity index is 1800. The Balaban J connectivity index is 1.34. The van der Waals surface area contributed by atoms with E-state index in [-0.39, 0.29) is 17.4 Å². The summed E-state index contributed by atoms with van der Waals surface area (Å²) in [4.78, 5) is 7.31. The second-order valence-corrected chi connectivity index (χ2v) is 20.8. The molecule has 4 aromatic heterocycles. The van der Waals surface area contributed by atoms with Gasteiger partial charge in [0, 0.05) is 32.1 Å². The van der Waals surface area contributed by atoms with E-state index in [0.717, 1.165) is 75.2 Å². The molecule has 12 nitrogen and oxygen atoms in total. The van der Waals surface area contributed by atoms with Gasteiger partial charge in [-0.2, -0.15) is 10.2 Å². The van der Waals surface area contributed by atoms with Crippen LogP contribution in [0, 0.1) is 10.5 Å². The molecule has 1 unspecified atom stereocenters. The third kappa shape index (κ3) is 8.72. The molecule has 1 aliphatic heterocycles. The van der Waals surface area contributed by atoms with Crippen molar-refractivity contribution in [1.82, 2.24) is 39.2 Å². The van der Waals surface area contributed by atoms with Gasteiger partial charge in [0.1, 0.15) is 6.10 Å². The third-order valence-electron chi connectivity index (χ3n) is 10.1. The zero-order chi connectivity index (χ0) is 37.1. The summed E-state index contributed by atoms with van der Waals surface area (Å²) in [5, 5.41) is 15.6. The van der Waals surface area contributed by atoms with Gasteiger partial charge >= 0.3 is 0 Å². The van der Waals surface area contributed by atoms with Crippen LogP contribution in [0.2, 0.25) is 18.1 Å². The number of likely N-dealkylation sites (N-methyl/N-ethyl adjacent to an activating group) is 1. The Morgan fingerprint density at radius 3 is 2.61 bits per heavy atom. The molecule has 5 rings (SSSR count). The lowest BCUT2D eigenvalue weighted by molar-refractivity contribution is -0.0367. The molecule has 1 fully saturated rings. The van der Waals surface area contributed by atoms with Crippen molar-refractivity contribution in [3.8, 4) is 23.0 Å². The summed E-state index contributed by atoms with van der Waals surface area (Å²) in [5.41, 5.74) is 5.39. The molecule has 0 aliphatic carbocycles. The van der Waals surface area contributed by atoms with Gasteiger partial charge in [-0.3, -0.25) is 14.6 Å². The normalized spacial score (nSPS) is 16.3. The van der Waals surface area contributed by atoms with Crippen LogP contribution in [0.4, 0.5) is 0 Å². The van der Waals surface area contributed by atoms with E-state index in [2.05, 4.69) is 92.5 Å². The van der Waals surface area contributed by atoms with E-state index in [0.29, 0.717) is 44.6 Å². The molecule has 5 heterocycles. The molecular weight excluding hydrogens is 775 g/mol. The van der Waals surface area contributed by atoms with Crippen LogP contribution in [0.1, 0.15) is 84.1 Å². The van der Waals surface area contributed by atoms with Gasteiger partial charge in [-0.15, -0.1) is 5.10 Å². The SMILES string of the molecule is C=Cc1nn(C2CCCCO2)c2cnc(-c3c(C)nn(C)c3O[C@@H](C)CN(CC)Cc3c(I)c(OCC)nn3CCO[Si](C)(C)C(C)(C)C)cc12. The summed E-state index contributed by atoms with van der Waals surface area (Å²) < 4.78 is 32.1. The first-order chi connectivity index (χ1) is 24.2. The number of hydrogen-bond acceptors (Lipinski definition) is 9. The molecule has 1 aliphatic rings. The van der Waals surface area contributed by atoms with E-state index in [9.17, 15) is 0 Å². The number of nitrogens with zero attached hydrogens (tertiary/aromatic N) is 8. The van der Waals surface area contributed by atoms with E-state index in [1.165, 1.54) is 0 Å². The Morgan fingerprint density at radius 1 is 1.20 bits per heavy atom. The molecule has 0 bridgehead atoms. The van der Waals surface area contributed by atoms with Crippen LogP contribution < -0.4 is 9.47 Å². The van der Waals surface area contributed by atoms with Crippen LogP contribution in [0.15, 0.2) is 18.8 Å². The lowest BCUT2D eigenvalue weighted by atomic mass is 10.1. The van der Waals surface area contributed by atoms with Crippen LogP contribution in [-0.2, 0) is 29.3 Å². The molecule has 0 amide bonds. The lowest BCUT2D eigenvalue weighted by Gasteiger charge is -2.36. The standard InChI is InChI=1S/C37H57IN8O4Si/c1-12-28-27-21-29(39-22-30(27)46(41-28)32-17-15-16-19-48-32)33-26(5)40-43(9)36(33)50-25(4)23-44(13-2)24-31-34(38)35(47-14-3)42-45(31)18-20-49-51(10,11)37(6,7)8/h12,21-22,25,32H,1,13-20,23-24H2,2-11H3/t25-,32?/m0/s1. The van der Waals surface area contributed by atoms with E-state index >= 15 is 0 Å². The molecule has 2 atom stereocenters. The summed E-state index contributed by atoms with van der Waals surface area (Å²) in [6, 6.07) is 2.08. The minimum Gasteiger partial charge on any atom is -0.476 e. The highest BCUT2D eigenvalue weighted by atomic mass is 127. The van der Waals surface area contributed by atoms with Crippen molar-refractivity contribution in [2.75, 3.05) is 32.9 Å². The average molecular weight is 833 g/mol. The number of aryl methyl sites for hydroxylation is 2. The average Bonchev–Trinajstić information content (AvgIpc) is 3.70. The van der Waals surface area contributed by atoms with Gasteiger partial charge in [0.2, 0.25) is 11.8 Å². The minimum absolute atomic E-state index is 0.0905. The van der Waals surface area contributed by atoms with E-state index < -0.39 is 8.32 Å². The van der Waals surface area contributed by atoms with Crippen LogP contribution in [-0.4, -0.2) is 86.6 Å². The highest BCUT2D eigenvalue weighted by Gasteiger charge is 2.37. The lowest BCUT2D eigenvalue weighted by Crippen LogP contribution is -2.41. The van der Waals surface area contributed by atoms with Gasteiger partial charge in [-0.25, -0.2) is 9.36 Å². The number of aromatic nitrogens is 7.